The van der Waals surface area contributed by atoms with Gasteiger partial charge >= 0.3 is 0 Å². The highest BCUT2D eigenvalue weighted by molar-refractivity contribution is 7.09. The van der Waals surface area contributed by atoms with Crippen molar-refractivity contribution in [3.05, 3.63) is 5.82 Å². The monoisotopic (exact) mass is 227 g/mol. The first-order chi connectivity index (χ1) is 7.29. The van der Waals surface area contributed by atoms with Crippen LogP contribution in [0.2, 0.25) is 0 Å². The summed E-state index contributed by atoms with van der Waals surface area (Å²) >= 11 is 1.43. The molecule has 0 amide bonds. The van der Waals surface area contributed by atoms with Crippen molar-refractivity contribution in [3.8, 4) is 0 Å². The third-order valence-electron chi connectivity index (χ3n) is 2.66. The van der Waals surface area contributed by atoms with Gasteiger partial charge < -0.3 is 10.1 Å². The first-order valence-corrected chi connectivity index (χ1v) is 6.27. The molecule has 0 bridgehead atoms. The highest BCUT2D eigenvalue weighted by Gasteiger charge is 2.22. The highest BCUT2D eigenvalue weighted by atomic mass is 32.1. The maximum absolute atomic E-state index is 5.61. The van der Waals surface area contributed by atoms with Crippen molar-refractivity contribution in [3.63, 3.8) is 0 Å². The zero-order valence-electron chi connectivity index (χ0n) is 9.19. The van der Waals surface area contributed by atoms with E-state index in [0.29, 0.717) is 12.1 Å². The summed E-state index contributed by atoms with van der Waals surface area (Å²) in [6.45, 7) is 5.10. The van der Waals surface area contributed by atoms with Crippen LogP contribution in [0.1, 0.15) is 32.5 Å². The molecule has 2 unspecified atom stereocenters. The molecule has 1 aliphatic heterocycles. The van der Waals surface area contributed by atoms with Gasteiger partial charge in [0.1, 0.15) is 5.82 Å². The van der Waals surface area contributed by atoms with Crippen molar-refractivity contribution in [1.82, 2.24) is 9.36 Å². The van der Waals surface area contributed by atoms with Gasteiger partial charge in [0, 0.05) is 24.6 Å². The van der Waals surface area contributed by atoms with Gasteiger partial charge in [-0.2, -0.15) is 4.37 Å². The standard InChI is InChI=1S/C10H17N3OS/c1-3-9-12-10(15-13-9)11-7(2)8-5-4-6-14-8/h7-8H,3-6H2,1-2H3,(H,11,12,13). The number of ether oxygens (including phenoxy) is 1. The molecule has 5 heteroatoms. The first-order valence-electron chi connectivity index (χ1n) is 5.50. The zero-order chi connectivity index (χ0) is 10.7. The van der Waals surface area contributed by atoms with E-state index < -0.39 is 0 Å². The second kappa shape index (κ2) is 4.90. The average molecular weight is 227 g/mol. The third-order valence-corrected chi connectivity index (χ3v) is 3.34. The zero-order valence-corrected chi connectivity index (χ0v) is 10.0. The normalized spacial score (nSPS) is 22.9. The molecule has 0 aliphatic carbocycles. The van der Waals surface area contributed by atoms with E-state index in [0.717, 1.165) is 30.4 Å². The molecule has 15 heavy (non-hydrogen) atoms. The average Bonchev–Trinajstić information content (AvgIpc) is 2.87. The third kappa shape index (κ3) is 2.66. The van der Waals surface area contributed by atoms with Crippen LogP contribution in [0.3, 0.4) is 0 Å². The molecule has 2 rings (SSSR count). The number of nitrogens with one attached hydrogen (secondary N) is 1. The molecule has 84 valence electrons. The fourth-order valence-corrected chi connectivity index (χ4v) is 2.49. The van der Waals surface area contributed by atoms with Gasteiger partial charge in [-0.3, -0.25) is 0 Å². The molecule has 1 aromatic rings. The molecule has 0 spiro atoms. The van der Waals surface area contributed by atoms with Crippen LogP contribution in [0.4, 0.5) is 5.13 Å². The Bertz CT molecular complexity index is 309. The summed E-state index contributed by atoms with van der Waals surface area (Å²) in [5.74, 6) is 0.919. The predicted molar refractivity (Wildman–Crippen MR) is 61.3 cm³/mol. The summed E-state index contributed by atoms with van der Waals surface area (Å²) < 4.78 is 9.86. The van der Waals surface area contributed by atoms with Gasteiger partial charge in [0.25, 0.3) is 0 Å². The van der Waals surface area contributed by atoms with Crippen molar-refractivity contribution in [2.24, 2.45) is 0 Å². The minimum Gasteiger partial charge on any atom is -0.376 e. The van der Waals surface area contributed by atoms with Gasteiger partial charge in [-0.25, -0.2) is 4.98 Å². The van der Waals surface area contributed by atoms with Crippen LogP contribution in [0, 0.1) is 0 Å². The predicted octanol–water partition coefficient (Wildman–Crippen LogP) is 2.08. The fraction of sp³-hybridized carbons (Fsp3) is 0.800. The van der Waals surface area contributed by atoms with E-state index in [1.165, 1.54) is 18.0 Å². The summed E-state index contributed by atoms with van der Waals surface area (Å²) in [5.41, 5.74) is 0. The number of anilines is 1. The van der Waals surface area contributed by atoms with Gasteiger partial charge in [-0.1, -0.05) is 6.92 Å². The van der Waals surface area contributed by atoms with Gasteiger partial charge in [0.05, 0.1) is 12.1 Å². The summed E-state index contributed by atoms with van der Waals surface area (Å²) in [6.07, 6.45) is 3.55. The lowest BCUT2D eigenvalue weighted by Gasteiger charge is -2.18. The number of hydrogen-bond acceptors (Lipinski definition) is 5. The minimum atomic E-state index is 0.324. The van der Waals surface area contributed by atoms with E-state index in [1.54, 1.807) is 0 Å². The van der Waals surface area contributed by atoms with Crippen LogP contribution in [0.5, 0.6) is 0 Å². The second-order valence-electron chi connectivity index (χ2n) is 3.85. The van der Waals surface area contributed by atoms with Crippen LogP contribution in [-0.4, -0.2) is 28.1 Å². The molecule has 4 nitrogen and oxygen atoms in total. The largest absolute Gasteiger partial charge is 0.376 e. The lowest BCUT2D eigenvalue weighted by Crippen LogP contribution is -2.29. The van der Waals surface area contributed by atoms with Crippen LogP contribution in [0.15, 0.2) is 0 Å². The van der Waals surface area contributed by atoms with Gasteiger partial charge in [-0.15, -0.1) is 0 Å². The van der Waals surface area contributed by atoms with Crippen molar-refractivity contribution in [1.29, 1.82) is 0 Å². The lowest BCUT2D eigenvalue weighted by molar-refractivity contribution is 0.0996. The van der Waals surface area contributed by atoms with Crippen molar-refractivity contribution in [2.45, 2.75) is 45.3 Å². The summed E-state index contributed by atoms with van der Waals surface area (Å²) in [7, 11) is 0. The molecule has 1 aromatic heterocycles. The second-order valence-corrected chi connectivity index (χ2v) is 4.61. The maximum atomic E-state index is 5.61. The molecule has 2 heterocycles. The van der Waals surface area contributed by atoms with E-state index in [1.807, 2.05) is 0 Å². The van der Waals surface area contributed by atoms with Gasteiger partial charge in [0.2, 0.25) is 5.13 Å². The van der Waals surface area contributed by atoms with Gasteiger partial charge in [-0.05, 0) is 19.8 Å². The van der Waals surface area contributed by atoms with E-state index in [2.05, 4.69) is 28.5 Å². The Kier molecular flexibility index (Phi) is 3.53. The molecule has 1 saturated heterocycles. The number of hydrogen-bond donors (Lipinski definition) is 1. The van der Waals surface area contributed by atoms with Crippen LogP contribution >= 0.6 is 11.5 Å². The topological polar surface area (TPSA) is 47.0 Å². The Labute approximate surface area is 94.2 Å². The number of nitrogens with zero attached hydrogens (tertiary/aromatic N) is 2. The maximum Gasteiger partial charge on any atom is 0.202 e. The van der Waals surface area contributed by atoms with Crippen LogP contribution < -0.4 is 5.32 Å². The molecule has 1 N–H and O–H groups in total. The molecule has 0 aromatic carbocycles. The molecular weight excluding hydrogens is 210 g/mol. The van der Waals surface area contributed by atoms with E-state index in [-0.39, 0.29) is 0 Å². The van der Waals surface area contributed by atoms with Crippen molar-refractivity contribution in [2.75, 3.05) is 11.9 Å². The Morgan fingerprint density at radius 1 is 1.67 bits per heavy atom. The SMILES string of the molecule is CCc1nsc(NC(C)C2CCCO2)n1. The van der Waals surface area contributed by atoms with E-state index in [4.69, 9.17) is 4.74 Å². The van der Waals surface area contributed by atoms with Crippen molar-refractivity contribution < 1.29 is 4.74 Å². The van der Waals surface area contributed by atoms with E-state index in [9.17, 15) is 0 Å². The Hall–Kier alpha value is -0.680. The number of aromatic nitrogens is 2. The number of aryl methyl sites for hydroxylation is 1. The summed E-state index contributed by atoms with van der Waals surface area (Å²) in [5, 5.41) is 4.27. The smallest absolute Gasteiger partial charge is 0.202 e. The molecule has 1 fully saturated rings. The molecule has 0 saturated carbocycles. The Morgan fingerprint density at radius 2 is 2.53 bits per heavy atom. The molecule has 1 aliphatic rings. The van der Waals surface area contributed by atoms with Crippen LogP contribution in [-0.2, 0) is 11.2 Å². The molecule has 2 atom stereocenters. The highest BCUT2D eigenvalue weighted by Crippen LogP contribution is 2.20. The molecule has 0 radical (unpaired) electrons. The van der Waals surface area contributed by atoms with E-state index >= 15 is 0 Å². The minimum absolute atomic E-state index is 0.324. The Morgan fingerprint density at radius 3 is 3.13 bits per heavy atom. The summed E-state index contributed by atoms with van der Waals surface area (Å²) in [6, 6.07) is 0.324. The molecular formula is C10H17N3OS. The number of rotatable bonds is 4. The lowest BCUT2D eigenvalue weighted by atomic mass is 10.1. The van der Waals surface area contributed by atoms with Gasteiger partial charge in [0.15, 0.2) is 0 Å². The quantitative estimate of drug-likeness (QED) is 0.855. The van der Waals surface area contributed by atoms with Crippen LogP contribution in [0.25, 0.3) is 0 Å². The summed E-state index contributed by atoms with van der Waals surface area (Å²) in [4.78, 5) is 4.38. The fourth-order valence-electron chi connectivity index (χ4n) is 1.74. The van der Waals surface area contributed by atoms with Crippen molar-refractivity contribution >= 4 is 16.7 Å². The first kappa shape index (κ1) is 10.8. The Balaban J connectivity index is 1.89.